The molecule has 0 spiro atoms. The lowest BCUT2D eigenvalue weighted by Crippen LogP contribution is -2.42. The molecule has 0 aromatic heterocycles. The Labute approximate surface area is 97.8 Å². The molecule has 0 aliphatic carbocycles. The highest BCUT2D eigenvalue weighted by Crippen LogP contribution is 2.25. The highest BCUT2D eigenvalue weighted by atomic mass is 32.2. The number of hydrogen-bond acceptors (Lipinski definition) is 3. The van der Waals surface area contributed by atoms with E-state index in [9.17, 15) is 8.42 Å². The fourth-order valence-electron chi connectivity index (χ4n) is 2.37. The van der Waals surface area contributed by atoms with Gasteiger partial charge in [0, 0.05) is 25.7 Å². The van der Waals surface area contributed by atoms with Gasteiger partial charge >= 0.3 is 0 Å². The van der Waals surface area contributed by atoms with Gasteiger partial charge in [0.15, 0.2) is 0 Å². The monoisotopic (exact) mass is 247 g/mol. The molecule has 0 amide bonds. The summed E-state index contributed by atoms with van der Waals surface area (Å²) < 4.78 is 28.2. The molecule has 2 heterocycles. The van der Waals surface area contributed by atoms with E-state index < -0.39 is 10.2 Å². The molecule has 0 aromatic carbocycles. The van der Waals surface area contributed by atoms with Gasteiger partial charge in [0.2, 0.25) is 0 Å². The summed E-state index contributed by atoms with van der Waals surface area (Å²) in [5.41, 5.74) is 0. The lowest BCUT2D eigenvalue weighted by atomic mass is 10.1. The predicted molar refractivity (Wildman–Crippen MR) is 63.2 cm³/mol. The van der Waals surface area contributed by atoms with Crippen LogP contribution in [0.2, 0.25) is 0 Å². The van der Waals surface area contributed by atoms with Gasteiger partial charge in [-0.15, -0.1) is 0 Å². The van der Waals surface area contributed by atoms with Crippen molar-refractivity contribution in [3.8, 4) is 0 Å². The Morgan fingerprint density at radius 2 is 2.19 bits per heavy atom. The van der Waals surface area contributed by atoms with Gasteiger partial charge in [-0.1, -0.05) is 13.8 Å². The second kappa shape index (κ2) is 4.60. The van der Waals surface area contributed by atoms with Crippen molar-refractivity contribution in [1.29, 1.82) is 0 Å². The standard InChI is InChI=1S/C10H21N3O2S/c1-8(2)5-12-16(14,15)13-6-9-3-4-11-10(9)7-13/h8-12H,3-7H2,1-2H3/t9-,10+/m0/s1. The summed E-state index contributed by atoms with van der Waals surface area (Å²) in [6.07, 6.45) is 1.10. The third-order valence-corrected chi connectivity index (χ3v) is 4.85. The van der Waals surface area contributed by atoms with E-state index in [-0.39, 0.29) is 0 Å². The van der Waals surface area contributed by atoms with Crippen molar-refractivity contribution in [1.82, 2.24) is 14.3 Å². The Morgan fingerprint density at radius 1 is 1.44 bits per heavy atom. The zero-order valence-corrected chi connectivity index (χ0v) is 10.8. The van der Waals surface area contributed by atoms with Gasteiger partial charge in [0.25, 0.3) is 10.2 Å². The number of rotatable bonds is 4. The molecule has 0 radical (unpaired) electrons. The molecule has 0 aromatic rings. The summed E-state index contributed by atoms with van der Waals surface area (Å²) >= 11 is 0. The maximum Gasteiger partial charge on any atom is 0.279 e. The molecule has 2 fully saturated rings. The van der Waals surface area contributed by atoms with Gasteiger partial charge in [-0.3, -0.25) is 0 Å². The van der Waals surface area contributed by atoms with Gasteiger partial charge in [-0.05, 0) is 24.8 Å². The molecule has 0 saturated carbocycles. The Hall–Kier alpha value is -0.170. The van der Waals surface area contributed by atoms with Gasteiger partial charge < -0.3 is 5.32 Å². The smallest absolute Gasteiger partial charge is 0.279 e. The molecule has 2 aliphatic rings. The minimum Gasteiger partial charge on any atom is -0.312 e. The average Bonchev–Trinajstić information content (AvgIpc) is 2.73. The van der Waals surface area contributed by atoms with Crippen molar-refractivity contribution < 1.29 is 8.42 Å². The lowest BCUT2D eigenvalue weighted by Gasteiger charge is -2.18. The first-order valence-electron chi connectivity index (χ1n) is 5.97. The molecule has 2 aliphatic heterocycles. The zero-order valence-electron chi connectivity index (χ0n) is 9.94. The normalized spacial score (nSPS) is 31.2. The second-order valence-electron chi connectivity index (χ2n) is 5.17. The Balaban J connectivity index is 1.93. The fraction of sp³-hybridized carbons (Fsp3) is 1.00. The molecule has 2 N–H and O–H groups in total. The third-order valence-electron chi connectivity index (χ3n) is 3.34. The molecule has 2 rings (SSSR count). The van der Waals surface area contributed by atoms with Crippen molar-refractivity contribution in [2.24, 2.45) is 11.8 Å². The van der Waals surface area contributed by atoms with Crippen LogP contribution in [0.15, 0.2) is 0 Å². The molecule has 6 heteroatoms. The van der Waals surface area contributed by atoms with Crippen molar-refractivity contribution >= 4 is 10.2 Å². The van der Waals surface area contributed by atoms with E-state index in [0.29, 0.717) is 37.5 Å². The van der Waals surface area contributed by atoms with Crippen LogP contribution in [0.5, 0.6) is 0 Å². The van der Waals surface area contributed by atoms with Gasteiger partial charge in [-0.2, -0.15) is 12.7 Å². The molecule has 2 atom stereocenters. The molecule has 5 nitrogen and oxygen atoms in total. The summed E-state index contributed by atoms with van der Waals surface area (Å²) in [4.78, 5) is 0. The van der Waals surface area contributed by atoms with E-state index in [0.717, 1.165) is 13.0 Å². The Bertz CT molecular complexity index is 330. The van der Waals surface area contributed by atoms with Crippen LogP contribution < -0.4 is 10.0 Å². The van der Waals surface area contributed by atoms with Gasteiger partial charge in [-0.25, -0.2) is 4.72 Å². The van der Waals surface area contributed by atoms with Crippen molar-refractivity contribution in [2.45, 2.75) is 26.3 Å². The molecule has 0 unspecified atom stereocenters. The highest BCUT2D eigenvalue weighted by molar-refractivity contribution is 7.87. The molecule has 0 bridgehead atoms. The van der Waals surface area contributed by atoms with Crippen molar-refractivity contribution in [3.63, 3.8) is 0 Å². The van der Waals surface area contributed by atoms with Crippen molar-refractivity contribution in [2.75, 3.05) is 26.2 Å². The summed E-state index contributed by atoms with van der Waals surface area (Å²) in [5.74, 6) is 0.852. The van der Waals surface area contributed by atoms with Crippen LogP contribution in [0.25, 0.3) is 0 Å². The Kier molecular flexibility index (Phi) is 3.53. The van der Waals surface area contributed by atoms with Crippen LogP contribution in [-0.2, 0) is 10.2 Å². The van der Waals surface area contributed by atoms with Crippen LogP contribution >= 0.6 is 0 Å². The number of fused-ring (bicyclic) bond motifs is 1. The van der Waals surface area contributed by atoms with E-state index in [1.165, 1.54) is 0 Å². The molecular weight excluding hydrogens is 226 g/mol. The first kappa shape index (κ1) is 12.3. The summed E-state index contributed by atoms with van der Waals surface area (Å²) in [5, 5.41) is 3.35. The summed E-state index contributed by atoms with van der Waals surface area (Å²) in [7, 11) is -3.25. The molecule has 16 heavy (non-hydrogen) atoms. The highest BCUT2D eigenvalue weighted by Gasteiger charge is 2.40. The fourth-order valence-corrected chi connectivity index (χ4v) is 3.84. The first-order valence-corrected chi connectivity index (χ1v) is 7.41. The van der Waals surface area contributed by atoms with E-state index in [1.807, 2.05) is 13.8 Å². The number of nitrogens with zero attached hydrogens (tertiary/aromatic N) is 1. The maximum atomic E-state index is 12.0. The lowest BCUT2D eigenvalue weighted by molar-refractivity contribution is 0.434. The summed E-state index contributed by atoms with van der Waals surface area (Å²) in [6.45, 7) is 6.85. The first-order chi connectivity index (χ1) is 7.49. The van der Waals surface area contributed by atoms with Crippen LogP contribution in [0, 0.1) is 11.8 Å². The molecular formula is C10H21N3O2S. The maximum absolute atomic E-state index is 12.0. The van der Waals surface area contributed by atoms with Crippen LogP contribution in [-0.4, -0.2) is 44.9 Å². The minimum atomic E-state index is -3.25. The van der Waals surface area contributed by atoms with E-state index in [2.05, 4.69) is 10.0 Å². The Morgan fingerprint density at radius 3 is 2.81 bits per heavy atom. The van der Waals surface area contributed by atoms with Crippen LogP contribution in [0.4, 0.5) is 0 Å². The quantitative estimate of drug-likeness (QED) is 0.721. The zero-order chi connectivity index (χ0) is 11.8. The van der Waals surface area contributed by atoms with E-state index in [4.69, 9.17) is 0 Å². The SMILES string of the molecule is CC(C)CNS(=O)(=O)N1C[C@@H]2CCN[C@@H]2C1. The van der Waals surface area contributed by atoms with E-state index >= 15 is 0 Å². The van der Waals surface area contributed by atoms with Crippen LogP contribution in [0.3, 0.4) is 0 Å². The number of nitrogens with one attached hydrogen (secondary N) is 2. The largest absolute Gasteiger partial charge is 0.312 e. The molecule has 2 saturated heterocycles. The van der Waals surface area contributed by atoms with Gasteiger partial charge in [0.1, 0.15) is 0 Å². The van der Waals surface area contributed by atoms with Crippen molar-refractivity contribution in [3.05, 3.63) is 0 Å². The van der Waals surface area contributed by atoms with Crippen LogP contribution in [0.1, 0.15) is 20.3 Å². The minimum absolute atomic E-state index is 0.343. The van der Waals surface area contributed by atoms with E-state index in [1.54, 1.807) is 4.31 Å². The third kappa shape index (κ3) is 2.56. The predicted octanol–water partition coefficient (Wildman–Crippen LogP) is -0.229. The second-order valence-corrected chi connectivity index (χ2v) is 6.93. The average molecular weight is 247 g/mol. The summed E-state index contributed by atoms with van der Waals surface area (Å²) in [6, 6.07) is 0.371. The van der Waals surface area contributed by atoms with Gasteiger partial charge in [0.05, 0.1) is 0 Å². The molecule has 94 valence electrons. The topological polar surface area (TPSA) is 61.4 Å². The number of hydrogen-bond donors (Lipinski definition) is 2.